The predicted molar refractivity (Wildman–Crippen MR) is 65.8 cm³/mol. The first-order valence-electron chi connectivity index (χ1n) is 5.92. The third kappa shape index (κ3) is 3.38. The Bertz CT molecular complexity index is 685. The molecule has 21 heavy (non-hydrogen) atoms. The minimum atomic E-state index is -4.48. The standard InChI is InChI=1S/C13H11F3N4O/c1-12(21,7-20-8-18-11(6-17)19-20)9-3-2-4-10(5-9)13(14,15)16/h2-5,8,21H,7H2,1H3. The molecule has 0 bridgehead atoms. The second kappa shape index (κ2) is 5.18. The number of benzene rings is 1. The van der Waals surface area contributed by atoms with E-state index < -0.39 is 17.3 Å². The van der Waals surface area contributed by atoms with E-state index in [9.17, 15) is 18.3 Å². The molecule has 1 atom stereocenters. The van der Waals surface area contributed by atoms with Crippen LogP contribution in [0.1, 0.15) is 23.9 Å². The Kier molecular flexibility index (Phi) is 3.70. The van der Waals surface area contributed by atoms with Gasteiger partial charge >= 0.3 is 6.18 Å². The highest BCUT2D eigenvalue weighted by Crippen LogP contribution is 2.32. The van der Waals surface area contributed by atoms with Crippen LogP contribution in [-0.4, -0.2) is 19.9 Å². The monoisotopic (exact) mass is 296 g/mol. The molecule has 1 N–H and O–H groups in total. The van der Waals surface area contributed by atoms with Gasteiger partial charge in [0.2, 0.25) is 0 Å². The first-order chi connectivity index (χ1) is 9.72. The van der Waals surface area contributed by atoms with Crippen LogP contribution in [0.15, 0.2) is 30.6 Å². The van der Waals surface area contributed by atoms with Gasteiger partial charge in [-0.15, -0.1) is 5.10 Å². The Morgan fingerprint density at radius 2 is 2.00 bits per heavy atom. The summed E-state index contributed by atoms with van der Waals surface area (Å²) in [7, 11) is 0. The lowest BCUT2D eigenvalue weighted by molar-refractivity contribution is -0.137. The molecule has 5 nitrogen and oxygen atoms in total. The van der Waals surface area contributed by atoms with Crippen molar-refractivity contribution in [2.75, 3.05) is 0 Å². The molecule has 1 aromatic carbocycles. The van der Waals surface area contributed by atoms with Crippen LogP contribution in [0.2, 0.25) is 0 Å². The van der Waals surface area contributed by atoms with Crippen molar-refractivity contribution in [3.63, 3.8) is 0 Å². The van der Waals surface area contributed by atoms with Gasteiger partial charge < -0.3 is 5.11 Å². The van der Waals surface area contributed by atoms with Crippen LogP contribution >= 0.6 is 0 Å². The smallest absolute Gasteiger partial charge is 0.384 e. The number of hydrogen-bond acceptors (Lipinski definition) is 4. The summed E-state index contributed by atoms with van der Waals surface area (Å²) in [6.07, 6.45) is -3.24. The van der Waals surface area contributed by atoms with E-state index >= 15 is 0 Å². The number of hydrogen-bond donors (Lipinski definition) is 1. The number of alkyl halides is 3. The Hall–Kier alpha value is -2.40. The van der Waals surface area contributed by atoms with Gasteiger partial charge in [-0.2, -0.15) is 18.4 Å². The Morgan fingerprint density at radius 3 is 2.57 bits per heavy atom. The third-order valence-corrected chi connectivity index (χ3v) is 2.92. The Labute approximate surface area is 118 Å². The molecular formula is C13H11F3N4O. The van der Waals surface area contributed by atoms with E-state index in [1.807, 2.05) is 0 Å². The van der Waals surface area contributed by atoms with Crippen molar-refractivity contribution >= 4 is 0 Å². The van der Waals surface area contributed by atoms with Crippen LogP contribution in [-0.2, 0) is 18.3 Å². The molecule has 0 amide bonds. The Balaban J connectivity index is 2.29. The maximum absolute atomic E-state index is 12.7. The van der Waals surface area contributed by atoms with Gasteiger partial charge in [0.05, 0.1) is 12.1 Å². The molecule has 1 aromatic heterocycles. The molecule has 1 heterocycles. The topological polar surface area (TPSA) is 74.7 Å². The van der Waals surface area contributed by atoms with Crippen molar-refractivity contribution in [3.8, 4) is 6.07 Å². The molecule has 2 aromatic rings. The fraction of sp³-hybridized carbons (Fsp3) is 0.308. The fourth-order valence-electron chi connectivity index (χ4n) is 1.86. The van der Waals surface area contributed by atoms with Crippen molar-refractivity contribution in [3.05, 3.63) is 47.5 Å². The maximum atomic E-state index is 12.7. The minimum Gasteiger partial charge on any atom is -0.384 e. The lowest BCUT2D eigenvalue weighted by Crippen LogP contribution is -2.28. The van der Waals surface area contributed by atoms with Crippen LogP contribution in [0.3, 0.4) is 0 Å². The predicted octanol–water partition coefficient (Wildman–Crippen LogP) is 2.08. The quantitative estimate of drug-likeness (QED) is 0.941. The molecule has 0 aliphatic rings. The summed E-state index contributed by atoms with van der Waals surface area (Å²) in [6.45, 7) is 1.25. The average Bonchev–Trinajstić information content (AvgIpc) is 2.85. The number of nitriles is 1. The zero-order valence-corrected chi connectivity index (χ0v) is 11.0. The van der Waals surface area contributed by atoms with Crippen LogP contribution in [0.25, 0.3) is 0 Å². The highest BCUT2D eigenvalue weighted by Gasteiger charge is 2.33. The van der Waals surface area contributed by atoms with Gasteiger partial charge in [-0.1, -0.05) is 12.1 Å². The number of rotatable bonds is 3. The first kappa shape index (κ1) is 15.0. The second-order valence-electron chi connectivity index (χ2n) is 4.73. The van der Waals surface area contributed by atoms with Crippen molar-refractivity contribution in [1.82, 2.24) is 14.8 Å². The van der Waals surface area contributed by atoms with Crippen molar-refractivity contribution < 1.29 is 18.3 Å². The molecule has 0 saturated heterocycles. The highest BCUT2D eigenvalue weighted by atomic mass is 19.4. The zero-order valence-electron chi connectivity index (χ0n) is 11.0. The van der Waals surface area contributed by atoms with E-state index in [0.29, 0.717) is 0 Å². The summed E-state index contributed by atoms with van der Waals surface area (Å²) in [5.41, 5.74) is -2.32. The van der Waals surface area contributed by atoms with Crippen molar-refractivity contribution in [1.29, 1.82) is 5.26 Å². The fourth-order valence-corrected chi connectivity index (χ4v) is 1.86. The van der Waals surface area contributed by atoms with Gasteiger partial charge in [-0.05, 0) is 24.6 Å². The van der Waals surface area contributed by atoms with Crippen LogP contribution in [0.4, 0.5) is 13.2 Å². The van der Waals surface area contributed by atoms with Crippen molar-refractivity contribution in [2.24, 2.45) is 0 Å². The van der Waals surface area contributed by atoms with E-state index in [2.05, 4.69) is 10.1 Å². The summed E-state index contributed by atoms with van der Waals surface area (Å²) < 4.78 is 39.3. The number of halogens is 3. The molecule has 1 unspecified atom stereocenters. The van der Waals surface area contributed by atoms with E-state index in [4.69, 9.17) is 5.26 Å². The van der Waals surface area contributed by atoms with E-state index in [1.54, 1.807) is 6.07 Å². The highest BCUT2D eigenvalue weighted by molar-refractivity contribution is 5.29. The summed E-state index contributed by atoms with van der Waals surface area (Å²) in [5, 5.41) is 22.8. The van der Waals surface area contributed by atoms with E-state index in [-0.39, 0.29) is 17.9 Å². The molecule has 2 rings (SSSR count). The SMILES string of the molecule is CC(O)(Cn1cnc(C#N)n1)c1cccc(C(F)(F)F)c1. The van der Waals surface area contributed by atoms with Gasteiger partial charge in [-0.3, -0.25) is 0 Å². The second-order valence-corrected chi connectivity index (χ2v) is 4.73. The first-order valence-corrected chi connectivity index (χ1v) is 5.92. The normalized spacial score (nSPS) is 14.5. The minimum absolute atomic E-state index is 0.0742. The van der Waals surface area contributed by atoms with Gasteiger partial charge in [-0.25, -0.2) is 9.67 Å². The molecule has 0 radical (unpaired) electrons. The van der Waals surface area contributed by atoms with E-state index in [1.165, 1.54) is 30.1 Å². The molecule has 0 saturated carbocycles. The third-order valence-electron chi connectivity index (χ3n) is 2.92. The largest absolute Gasteiger partial charge is 0.416 e. The molecule has 0 aliphatic carbocycles. The van der Waals surface area contributed by atoms with Gasteiger partial charge in [0.1, 0.15) is 18.0 Å². The maximum Gasteiger partial charge on any atom is 0.416 e. The zero-order chi connectivity index (χ0) is 15.7. The number of nitrogens with zero attached hydrogens (tertiary/aromatic N) is 4. The molecular weight excluding hydrogens is 285 g/mol. The molecule has 0 spiro atoms. The average molecular weight is 296 g/mol. The van der Waals surface area contributed by atoms with Gasteiger partial charge in [0, 0.05) is 0 Å². The number of aromatic nitrogens is 3. The summed E-state index contributed by atoms with van der Waals surface area (Å²) in [5.74, 6) is -0.0742. The van der Waals surface area contributed by atoms with Crippen LogP contribution in [0, 0.1) is 11.3 Å². The molecule has 0 fully saturated rings. The summed E-state index contributed by atoms with van der Waals surface area (Å²) in [6, 6.07) is 6.18. The Morgan fingerprint density at radius 1 is 1.33 bits per heavy atom. The lowest BCUT2D eigenvalue weighted by Gasteiger charge is -2.24. The molecule has 8 heteroatoms. The van der Waals surface area contributed by atoms with Crippen molar-refractivity contribution in [2.45, 2.75) is 25.2 Å². The van der Waals surface area contributed by atoms with Gasteiger partial charge in [0.15, 0.2) is 0 Å². The molecule has 110 valence electrons. The summed E-state index contributed by atoms with van der Waals surface area (Å²) >= 11 is 0. The van der Waals surface area contributed by atoms with Crippen LogP contribution < -0.4 is 0 Å². The van der Waals surface area contributed by atoms with E-state index in [0.717, 1.165) is 12.1 Å². The van der Waals surface area contributed by atoms with Crippen LogP contribution in [0.5, 0.6) is 0 Å². The molecule has 0 aliphatic heterocycles. The van der Waals surface area contributed by atoms with Gasteiger partial charge in [0.25, 0.3) is 5.82 Å². The lowest BCUT2D eigenvalue weighted by atomic mass is 9.94. The number of aliphatic hydroxyl groups is 1. The summed E-state index contributed by atoms with van der Waals surface area (Å²) in [4.78, 5) is 3.67.